The number of ether oxygens (including phenoxy) is 1. The molecule has 1 aromatic carbocycles. The minimum Gasteiger partial charge on any atom is -0.481 e. The molecule has 1 amide bonds. The van der Waals surface area contributed by atoms with Crippen molar-refractivity contribution >= 4 is 11.7 Å². The predicted molar refractivity (Wildman–Crippen MR) is 106 cm³/mol. The summed E-state index contributed by atoms with van der Waals surface area (Å²) >= 11 is 0. The molecule has 3 rings (SSSR count). The van der Waals surface area contributed by atoms with Crippen LogP contribution >= 0.6 is 0 Å². The van der Waals surface area contributed by atoms with Crippen LogP contribution in [0.5, 0.6) is 5.75 Å². The van der Waals surface area contributed by atoms with Crippen LogP contribution in [0.4, 0.5) is 5.82 Å². The zero-order chi connectivity index (χ0) is 20.3. The van der Waals surface area contributed by atoms with E-state index < -0.39 is 6.10 Å². The highest BCUT2D eigenvalue weighted by Gasteiger charge is 2.19. The summed E-state index contributed by atoms with van der Waals surface area (Å²) in [6.45, 7) is 7.14. The van der Waals surface area contributed by atoms with Gasteiger partial charge < -0.3 is 10.1 Å². The molecule has 2 aromatic heterocycles. The topological polar surface area (TPSA) is 102 Å². The maximum atomic E-state index is 12.6. The maximum Gasteiger partial charge on any atom is 0.266 e. The lowest BCUT2D eigenvalue weighted by Crippen LogP contribution is -2.31. The number of carbonyl (C=O) groups is 1. The van der Waals surface area contributed by atoms with E-state index in [2.05, 4.69) is 20.4 Å². The lowest BCUT2D eigenvalue weighted by Gasteiger charge is -2.15. The minimum atomic E-state index is -0.720. The van der Waals surface area contributed by atoms with Crippen LogP contribution in [-0.4, -0.2) is 31.8 Å². The van der Waals surface area contributed by atoms with E-state index in [1.807, 2.05) is 25.1 Å². The number of aryl methyl sites for hydroxylation is 2. The summed E-state index contributed by atoms with van der Waals surface area (Å²) in [6.07, 6.45) is -0.132. The van der Waals surface area contributed by atoms with Gasteiger partial charge in [-0.3, -0.25) is 14.6 Å². The van der Waals surface area contributed by atoms with Crippen LogP contribution in [0.1, 0.15) is 30.8 Å². The number of amides is 1. The van der Waals surface area contributed by atoms with Crippen LogP contribution < -0.4 is 15.6 Å². The summed E-state index contributed by atoms with van der Waals surface area (Å²) in [4.78, 5) is 32.0. The molecule has 28 heavy (non-hydrogen) atoms. The fraction of sp³-hybridized carbons (Fsp3) is 0.300. The second-order valence-electron chi connectivity index (χ2n) is 6.45. The number of H-pyrrole nitrogens is 1. The lowest BCUT2D eigenvalue weighted by atomic mass is 10.2. The van der Waals surface area contributed by atoms with Gasteiger partial charge in [-0.05, 0) is 39.3 Å². The average molecular weight is 381 g/mol. The third-order valence-electron chi connectivity index (χ3n) is 4.27. The number of aromatic nitrogens is 4. The van der Waals surface area contributed by atoms with Gasteiger partial charge in [0.25, 0.3) is 11.5 Å². The van der Waals surface area contributed by atoms with Crippen LogP contribution in [0.25, 0.3) is 5.95 Å². The highest BCUT2D eigenvalue weighted by molar-refractivity contribution is 5.93. The van der Waals surface area contributed by atoms with Gasteiger partial charge in [-0.15, -0.1) is 0 Å². The first-order valence-corrected chi connectivity index (χ1v) is 9.08. The molecule has 8 heteroatoms. The van der Waals surface area contributed by atoms with E-state index in [0.717, 1.165) is 0 Å². The molecule has 0 bridgehead atoms. The first-order chi connectivity index (χ1) is 13.4. The van der Waals surface area contributed by atoms with Gasteiger partial charge in [-0.25, -0.2) is 4.98 Å². The lowest BCUT2D eigenvalue weighted by molar-refractivity contribution is -0.122. The monoisotopic (exact) mass is 381 g/mol. The van der Waals surface area contributed by atoms with Crippen molar-refractivity contribution in [2.75, 3.05) is 5.32 Å². The van der Waals surface area contributed by atoms with Gasteiger partial charge in [0.1, 0.15) is 11.6 Å². The van der Waals surface area contributed by atoms with Crippen LogP contribution in [0.3, 0.4) is 0 Å². The molecule has 0 aliphatic heterocycles. The third-order valence-corrected chi connectivity index (χ3v) is 4.27. The van der Waals surface area contributed by atoms with Crippen molar-refractivity contribution in [3.05, 3.63) is 63.7 Å². The van der Waals surface area contributed by atoms with Crippen molar-refractivity contribution in [2.24, 2.45) is 0 Å². The summed E-state index contributed by atoms with van der Waals surface area (Å²) in [5.41, 5.74) is 1.72. The van der Waals surface area contributed by atoms with Crippen molar-refractivity contribution in [2.45, 2.75) is 40.2 Å². The Kier molecular flexibility index (Phi) is 5.58. The number of nitrogens with zero attached hydrogens (tertiary/aromatic N) is 3. The Morgan fingerprint density at radius 3 is 2.64 bits per heavy atom. The second kappa shape index (κ2) is 8.08. The number of benzene rings is 1. The molecule has 0 spiro atoms. The Bertz CT molecular complexity index is 1040. The number of carbonyl (C=O) groups excluding carboxylic acids is 1. The van der Waals surface area contributed by atoms with Crippen LogP contribution in [0, 0.1) is 13.8 Å². The Morgan fingerprint density at radius 2 is 2.00 bits per heavy atom. The highest BCUT2D eigenvalue weighted by atomic mass is 16.5. The van der Waals surface area contributed by atoms with E-state index in [4.69, 9.17) is 4.74 Å². The number of aromatic amines is 1. The van der Waals surface area contributed by atoms with E-state index in [1.165, 1.54) is 4.68 Å². The minimum absolute atomic E-state index is 0.212. The number of nitrogens with one attached hydrogen (secondary N) is 2. The van der Waals surface area contributed by atoms with E-state index in [-0.39, 0.29) is 17.4 Å². The summed E-state index contributed by atoms with van der Waals surface area (Å²) in [5.74, 6) is 0.915. The number of hydrogen-bond acceptors (Lipinski definition) is 5. The van der Waals surface area contributed by atoms with Gasteiger partial charge in [0.05, 0.1) is 5.69 Å². The van der Waals surface area contributed by atoms with Gasteiger partial charge in [0.2, 0.25) is 5.95 Å². The molecule has 2 N–H and O–H groups in total. The number of rotatable bonds is 6. The van der Waals surface area contributed by atoms with Crippen LogP contribution in [0.15, 0.2) is 41.2 Å². The molecule has 0 fully saturated rings. The Morgan fingerprint density at radius 1 is 1.29 bits per heavy atom. The van der Waals surface area contributed by atoms with Crippen molar-refractivity contribution in [3.8, 4) is 11.7 Å². The van der Waals surface area contributed by atoms with Gasteiger partial charge in [0.15, 0.2) is 6.10 Å². The standard InChI is InChI=1S/C20H23N5O3/c1-5-16-13(3)21-20(23-19(16)27)25-17(11-12(2)24-25)22-18(26)14(4)28-15-9-7-6-8-10-15/h6-11,14H,5H2,1-4H3,(H,22,26)(H,21,23,27). The largest absolute Gasteiger partial charge is 0.481 e. The Labute approximate surface area is 162 Å². The normalized spacial score (nSPS) is 11.9. The Hall–Kier alpha value is -3.42. The molecule has 8 nitrogen and oxygen atoms in total. The fourth-order valence-electron chi connectivity index (χ4n) is 2.85. The summed E-state index contributed by atoms with van der Waals surface area (Å²) in [6, 6.07) is 10.8. The quantitative estimate of drug-likeness (QED) is 0.683. The van der Waals surface area contributed by atoms with E-state index in [9.17, 15) is 9.59 Å². The first-order valence-electron chi connectivity index (χ1n) is 9.08. The van der Waals surface area contributed by atoms with Gasteiger partial charge in [-0.2, -0.15) is 9.78 Å². The maximum absolute atomic E-state index is 12.6. The third kappa shape index (κ3) is 4.11. The fourth-order valence-corrected chi connectivity index (χ4v) is 2.85. The Balaban J connectivity index is 1.84. The molecule has 1 unspecified atom stereocenters. The van der Waals surface area contributed by atoms with Crippen LogP contribution in [0.2, 0.25) is 0 Å². The molecule has 0 radical (unpaired) electrons. The second-order valence-corrected chi connectivity index (χ2v) is 6.45. The van der Waals surface area contributed by atoms with E-state index in [0.29, 0.717) is 34.9 Å². The summed E-state index contributed by atoms with van der Waals surface area (Å²) in [7, 11) is 0. The molecule has 0 aliphatic carbocycles. The zero-order valence-corrected chi connectivity index (χ0v) is 16.3. The molecular weight excluding hydrogens is 358 g/mol. The van der Waals surface area contributed by atoms with Gasteiger partial charge in [0, 0.05) is 17.3 Å². The van der Waals surface area contributed by atoms with Crippen molar-refractivity contribution < 1.29 is 9.53 Å². The molecule has 2 heterocycles. The number of para-hydroxylation sites is 1. The first kappa shape index (κ1) is 19.3. The number of hydrogen-bond donors (Lipinski definition) is 2. The van der Waals surface area contributed by atoms with Gasteiger partial charge >= 0.3 is 0 Å². The zero-order valence-electron chi connectivity index (χ0n) is 16.3. The molecule has 3 aromatic rings. The SMILES string of the molecule is CCc1c(C)nc(-n2nc(C)cc2NC(=O)C(C)Oc2ccccc2)[nH]c1=O. The molecule has 146 valence electrons. The van der Waals surface area contributed by atoms with Crippen molar-refractivity contribution in [1.82, 2.24) is 19.7 Å². The summed E-state index contributed by atoms with van der Waals surface area (Å²) < 4.78 is 7.07. The predicted octanol–water partition coefficient (Wildman–Crippen LogP) is 2.54. The van der Waals surface area contributed by atoms with E-state index in [1.54, 1.807) is 39.0 Å². The molecular formula is C20H23N5O3. The molecule has 0 aliphatic rings. The molecule has 0 saturated heterocycles. The van der Waals surface area contributed by atoms with Crippen molar-refractivity contribution in [1.29, 1.82) is 0 Å². The highest BCUT2D eigenvalue weighted by Crippen LogP contribution is 2.16. The smallest absolute Gasteiger partial charge is 0.266 e. The van der Waals surface area contributed by atoms with E-state index >= 15 is 0 Å². The summed E-state index contributed by atoms with van der Waals surface area (Å²) in [5, 5.41) is 7.14. The molecule has 1 atom stereocenters. The molecule has 0 saturated carbocycles. The average Bonchev–Trinajstić information content (AvgIpc) is 3.02. The number of anilines is 1. The van der Waals surface area contributed by atoms with Crippen LogP contribution in [-0.2, 0) is 11.2 Å². The van der Waals surface area contributed by atoms with Crippen molar-refractivity contribution in [3.63, 3.8) is 0 Å². The van der Waals surface area contributed by atoms with Gasteiger partial charge in [-0.1, -0.05) is 25.1 Å².